The second-order valence-electron chi connectivity index (χ2n) is 6.06. The molecule has 0 aliphatic carbocycles. The number of aromatic nitrogens is 2. The summed E-state index contributed by atoms with van der Waals surface area (Å²) in [6, 6.07) is 2.00. The summed E-state index contributed by atoms with van der Waals surface area (Å²) in [4.78, 5) is 22.5. The Morgan fingerprint density at radius 2 is 2.11 bits per heavy atom. The first kappa shape index (κ1) is 13.8. The third kappa shape index (κ3) is 3.43. The van der Waals surface area contributed by atoms with Gasteiger partial charge < -0.3 is 10.2 Å². The molecule has 0 atom stereocenters. The average molecular weight is 262 g/mol. The van der Waals surface area contributed by atoms with Crippen LogP contribution in [0.15, 0.2) is 12.4 Å². The highest BCUT2D eigenvalue weighted by atomic mass is 16.2. The van der Waals surface area contributed by atoms with Gasteiger partial charge in [0.2, 0.25) is 5.91 Å². The van der Waals surface area contributed by atoms with Gasteiger partial charge in [-0.05, 0) is 27.2 Å². The van der Waals surface area contributed by atoms with Gasteiger partial charge in [0.1, 0.15) is 12.1 Å². The highest BCUT2D eigenvalue weighted by Gasteiger charge is 2.34. The molecule has 1 N–H and O–H groups in total. The zero-order valence-corrected chi connectivity index (χ0v) is 12.1. The van der Waals surface area contributed by atoms with Crippen LogP contribution in [-0.2, 0) is 11.2 Å². The predicted molar refractivity (Wildman–Crippen MR) is 75.0 cm³/mol. The number of aryl methyl sites for hydroxylation is 1. The molecule has 0 bridgehead atoms. The molecule has 1 aromatic heterocycles. The van der Waals surface area contributed by atoms with Crippen LogP contribution in [0.4, 0.5) is 5.82 Å². The molecule has 0 unspecified atom stereocenters. The quantitative estimate of drug-likeness (QED) is 0.894. The number of nitrogens with zero attached hydrogens (tertiary/aromatic N) is 3. The third-order valence-corrected chi connectivity index (χ3v) is 3.15. The maximum atomic E-state index is 12.0. The first-order valence-corrected chi connectivity index (χ1v) is 6.77. The van der Waals surface area contributed by atoms with Crippen molar-refractivity contribution in [1.29, 1.82) is 0 Å². The molecular formula is C14H22N4O. The van der Waals surface area contributed by atoms with E-state index in [1.54, 1.807) is 6.33 Å². The maximum Gasteiger partial charge on any atom is 0.227 e. The van der Waals surface area contributed by atoms with Gasteiger partial charge in [-0.2, -0.15) is 0 Å². The van der Waals surface area contributed by atoms with Gasteiger partial charge in [0, 0.05) is 30.4 Å². The van der Waals surface area contributed by atoms with E-state index in [1.807, 2.05) is 26.8 Å². The molecule has 1 aliphatic rings. The summed E-state index contributed by atoms with van der Waals surface area (Å²) in [7, 11) is 0. The van der Waals surface area contributed by atoms with Crippen molar-refractivity contribution in [3.63, 3.8) is 0 Å². The maximum absolute atomic E-state index is 12.0. The van der Waals surface area contributed by atoms with Crippen LogP contribution >= 0.6 is 0 Å². The summed E-state index contributed by atoms with van der Waals surface area (Å²) in [5, 5.41) is 3.02. The number of nitrogens with one attached hydrogen (secondary N) is 1. The Bertz CT molecular complexity index is 461. The van der Waals surface area contributed by atoms with Gasteiger partial charge in [-0.1, -0.05) is 6.92 Å². The Labute approximate surface area is 114 Å². The molecule has 5 heteroatoms. The summed E-state index contributed by atoms with van der Waals surface area (Å²) in [5.41, 5.74) is 0.870. The molecule has 104 valence electrons. The lowest BCUT2D eigenvalue weighted by Gasteiger charge is -2.40. The van der Waals surface area contributed by atoms with Gasteiger partial charge in [0.05, 0.1) is 5.92 Å². The minimum atomic E-state index is -0.165. The van der Waals surface area contributed by atoms with E-state index in [9.17, 15) is 4.79 Å². The monoisotopic (exact) mass is 262 g/mol. The average Bonchev–Trinajstić information content (AvgIpc) is 2.25. The number of hydrogen-bond acceptors (Lipinski definition) is 4. The smallest absolute Gasteiger partial charge is 0.227 e. The normalized spacial score (nSPS) is 16.1. The van der Waals surface area contributed by atoms with E-state index in [0.717, 1.165) is 31.0 Å². The topological polar surface area (TPSA) is 58.1 Å². The summed E-state index contributed by atoms with van der Waals surface area (Å²) in [6.45, 7) is 9.55. The van der Waals surface area contributed by atoms with Crippen molar-refractivity contribution in [2.24, 2.45) is 5.92 Å². The number of carbonyl (C=O) groups excluding carboxylic acids is 1. The molecule has 1 amide bonds. The van der Waals surface area contributed by atoms with Gasteiger partial charge in [-0.15, -0.1) is 0 Å². The van der Waals surface area contributed by atoms with Crippen LogP contribution in [0.1, 0.15) is 33.4 Å². The number of anilines is 1. The van der Waals surface area contributed by atoms with E-state index in [4.69, 9.17) is 0 Å². The first-order chi connectivity index (χ1) is 8.89. The molecular weight excluding hydrogens is 240 g/mol. The summed E-state index contributed by atoms with van der Waals surface area (Å²) >= 11 is 0. The fraction of sp³-hybridized carbons (Fsp3) is 0.643. The summed E-state index contributed by atoms with van der Waals surface area (Å²) < 4.78 is 0. The van der Waals surface area contributed by atoms with Crippen molar-refractivity contribution < 1.29 is 4.79 Å². The van der Waals surface area contributed by atoms with Crippen LogP contribution in [0, 0.1) is 5.92 Å². The van der Waals surface area contributed by atoms with Crippen molar-refractivity contribution in [3.05, 3.63) is 18.1 Å². The van der Waals surface area contributed by atoms with Crippen LogP contribution in [0.25, 0.3) is 0 Å². The van der Waals surface area contributed by atoms with Gasteiger partial charge >= 0.3 is 0 Å². The zero-order chi connectivity index (χ0) is 14.0. The Morgan fingerprint density at radius 3 is 2.68 bits per heavy atom. The van der Waals surface area contributed by atoms with Crippen LogP contribution in [0.3, 0.4) is 0 Å². The Hall–Kier alpha value is -1.65. The number of amides is 1. The van der Waals surface area contributed by atoms with E-state index in [1.165, 1.54) is 0 Å². The van der Waals surface area contributed by atoms with Crippen molar-refractivity contribution in [1.82, 2.24) is 15.3 Å². The minimum Gasteiger partial charge on any atom is -0.355 e. The first-order valence-electron chi connectivity index (χ1n) is 6.77. The van der Waals surface area contributed by atoms with E-state index in [0.29, 0.717) is 0 Å². The largest absolute Gasteiger partial charge is 0.355 e. The van der Waals surface area contributed by atoms with E-state index in [2.05, 4.69) is 27.1 Å². The Morgan fingerprint density at radius 1 is 1.42 bits per heavy atom. The molecule has 1 aromatic rings. The van der Waals surface area contributed by atoms with E-state index < -0.39 is 0 Å². The molecule has 2 rings (SSSR count). The number of hydrogen-bond donors (Lipinski definition) is 1. The van der Waals surface area contributed by atoms with Gasteiger partial charge in [-0.25, -0.2) is 9.97 Å². The molecule has 19 heavy (non-hydrogen) atoms. The molecule has 0 aromatic carbocycles. The molecule has 1 aliphatic heterocycles. The van der Waals surface area contributed by atoms with Gasteiger partial charge in [-0.3, -0.25) is 4.79 Å². The van der Waals surface area contributed by atoms with Gasteiger partial charge in [0.15, 0.2) is 0 Å². The highest BCUT2D eigenvalue weighted by Crippen LogP contribution is 2.23. The standard InChI is InChI=1S/C14H22N4O/c1-5-11-6-12(16-9-15-11)18-7-10(8-18)13(19)17-14(2,3)4/h6,9-10H,5,7-8H2,1-4H3,(H,17,19). The number of rotatable bonds is 3. The minimum absolute atomic E-state index is 0.0688. The van der Waals surface area contributed by atoms with E-state index in [-0.39, 0.29) is 17.4 Å². The lowest BCUT2D eigenvalue weighted by molar-refractivity contribution is -0.127. The molecule has 2 heterocycles. The fourth-order valence-electron chi connectivity index (χ4n) is 2.06. The predicted octanol–water partition coefficient (Wildman–Crippen LogP) is 1.39. The molecule has 1 saturated heterocycles. The lowest BCUT2D eigenvalue weighted by atomic mass is 9.97. The molecule has 5 nitrogen and oxygen atoms in total. The molecule has 1 fully saturated rings. The van der Waals surface area contributed by atoms with Crippen molar-refractivity contribution in [2.45, 2.75) is 39.7 Å². The number of carbonyl (C=O) groups is 1. The van der Waals surface area contributed by atoms with Crippen molar-refractivity contribution in [3.8, 4) is 0 Å². The summed E-state index contributed by atoms with van der Waals surface area (Å²) in [5.74, 6) is 1.12. The van der Waals surface area contributed by atoms with Crippen LogP contribution in [-0.4, -0.2) is 34.5 Å². The fourth-order valence-corrected chi connectivity index (χ4v) is 2.06. The van der Waals surface area contributed by atoms with Crippen LogP contribution < -0.4 is 10.2 Å². The second-order valence-corrected chi connectivity index (χ2v) is 6.06. The Kier molecular flexibility index (Phi) is 3.73. The molecule has 0 saturated carbocycles. The highest BCUT2D eigenvalue weighted by molar-refractivity contribution is 5.82. The Balaban J connectivity index is 1.90. The van der Waals surface area contributed by atoms with Crippen LogP contribution in [0.5, 0.6) is 0 Å². The van der Waals surface area contributed by atoms with Gasteiger partial charge in [0.25, 0.3) is 0 Å². The second kappa shape index (κ2) is 5.15. The van der Waals surface area contributed by atoms with E-state index >= 15 is 0 Å². The van der Waals surface area contributed by atoms with Crippen molar-refractivity contribution in [2.75, 3.05) is 18.0 Å². The lowest BCUT2D eigenvalue weighted by Crippen LogP contribution is -2.56. The molecule has 0 spiro atoms. The SMILES string of the molecule is CCc1cc(N2CC(C(=O)NC(C)(C)C)C2)ncn1. The third-order valence-electron chi connectivity index (χ3n) is 3.15. The van der Waals surface area contributed by atoms with Crippen molar-refractivity contribution >= 4 is 11.7 Å². The van der Waals surface area contributed by atoms with Crippen LogP contribution in [0.2, 0.25) is 0 Å². The zero-order valence-electron chi connectivity index (χ0n) is 12.1. The molecule has 0 radical (unpaired) electrons. The summed E-state index contributed by atoms with van der Waals surface area (Å²) in [6.07, 6.45) is 2.49.